The molecule has 1 heterocycles. The number of nitrogens with zero attached hydrogens (tertiary/aromatic N) is 1. The molecule has 3 fully saturated rings. The number of ether oxygens (including phenoxy) is 2. The Morgan fingerprint density at radius 2 is 1.66 bits per heavy atom. The van der Waals surface area contributed by atoms with E-state index in [1.54, 1.807) is 14.2 Å². The molecule has 3 nitrogen and oxygen atoms in total. The van der Waals surface area contributed by atoms with Gasteiger partial charge in [0.1, 0.15) is 11.5 Å². The fraction of sp³-hybridized carbons (Fsp3) is 0.538. The molecule has 2 saturated carbocycles. The molecule has 3 atom stereocenters. The van der Waals surface area contributed by atoms with Crippen molar-refractivity contribution < 1.29 is 9.47 Å². The Morgan fingerprint density at radius 1 is 0.828 bits per heavy atom. The summed E-state index contributed by atoms with van der Waals surface area (Å²) >= 11 is 0. The third kappa shape index (κ3) is 3.66. The molecule has 0 aromatic heterocycles. The highest BCUT2D eigenvalue weighted by atomic mass is 16.5. The normalized spacial score (nSPS) is 27.3. The maximum absolute atomic E-state index is 5.76. The van der Waals surface area contributed by atoms with Gasteiger partial charge < -0.3 is 14.4 Å². The standard InChI is InChI=1S/C26H33NO2/c1-28-23-5-3-4-20(16-23)21-8-9-26(29-2)24(17-21)19-10-12-27(13-11-19)25-15-18-6-7-22(25)14-18/h3-5,8-9,16-19,22,25H,6-7,10-15H2,1-2H3/t18-,22-,25+/m0/s1. The Labute approximate surface area is 175 Å². The quantitative estimate of drug-likeness (QED) is 0.649. The zero-order valence-electron chi connectivity index (χ0n) is 17.8. The van der Waals surface area contributed by atoms with E-state index in [0.717, 1.165) is 29.4 Å². The van der Waals surface area contributed by atoms with Gasteiger partial charge in [-0.3, -0.25) is 0 Å². The molecule has 0 amide bonds. The SMILES string of the molecule is COc1cccc(-c2ccc(OC)c(C3CCN([C@@H]4C[C@H]5CC[C@H]4C5)CC3)c2)c1. The van der Waals surface area contributed by atoms with E-state index in [9.17, 15) is 0 Å². The summed E-state index contributed by atoms with van der Waals surface area (Å²) in [6, 6.07) is 15.9. The topological polar surface area (TPSA) is 21.7 Å². The lowest BCUT2D eigenvalue weighted by Crippen LogP contribution is -2.43. The van der Waals surface area contributed by atoms with Gasteiger partial charge in [-0.05, 0) is 104 Å². The van der Waals surface area contributed by atoms with E-state index in [2.05, 4.69) is 41.3 Å². The maximum atomic E-state index is 5.76. The lowest BCUT2D eigenvalue weighted by molar-refractivity contribution is 0.110. The smallest absolute Gasteiger partial charge is 0.122 e. The van der Waals surface area contributed by atoms with Crippen LogP contribution in [0.2, 0.25) is 0 Å². The lowest BCUT2D eigenvalue weighted by Gasteiger charge is -2.40. The summed E-state index contributed by atoms with van der Waals surface area (Å²) in [5.74, 6) is 4.55. The zero-order valence-corrected chi connectivity index (χ0v) is 17.8. The molecular formula is C26H33NO2. The first-order chi connectivity index (χ1) is 14.2. The van der Waals surface area contributed by atoms with Crippen molar-refractivity contribution in [2.24, 2.45) is 11.8 Å². The molecule has 3 aliphatic rings. The lowest BCUT2D eigenvalue weighted by atomic mass is 9.85. The largest absolute Gasteiger partial charge is 0.497 e. The summed E-state index contributed by atoms with van der Waals surface area (Å²) in [5, 5.41) is 0. The molecule has 1 saturated heterocycles. The summed E-state index contributed by atoms with van der Waals surface area (Å²) in [4.78, 5) is 2.82. The molecule has 2 bridgehead atoms. The Hall–Kier alpha value is -2.00. The molecule has 0 unspecified atom stereocenters. The summed E-state index contributed by atoms with van der Waals surface area (Å²) in [5.41, 5.74) is 3.82. The highest BCUT2D eigenvalue weighted by Gasteiger charge is 2.43. The maximum Gasteiger partial charge on any atom is 0.122 e. The molecule has 154 valence electrons. The molecule has 1 aliphatic heterocycles. The summed E-state index contributed by atoms with van der Waals surface area (Å²) in [6.45, 7) is 2.48. The predicted octanol–water partition coefficient (Wildman–Crippen LogP) is 5.74. The molecule has 5 rings (SSSR count). The molecule has 0 N–H and O–H groups in total. The third-order valence-corrected chi connectivity index (χ3v) is 7.77. The molecular weight excluding hydrogens is 358 g/mol. The summed E-state index contributed by atoms with van der Waals surface area (Å²) < 4.78 is 11.2. The molecule has 29 heavy (non-hydrogen) atoms. The van der Waals surface area contributed by atoms with Gasteiger partial charge in [-0.15, -0.1) is 0 Å². The van der Waals surface area contributed by atoms with Crippen LogP contribution in [0.5, 0.6) is 11.5 Å². The monoisotopic (exact) mass is 391 g/mol. The number of likely N-dealkylation sites (tertiary alicyclic amines) is 1. The van der Waals surface area contributed by atoms with E-state index in [0.29, 0.717) is 5.92 Å². The van der Waals surface area contributed by atoms with Crippen LogP contribution in [0.4, 0.5) is 0 Å². The molecule has 3 heteroatoms. The van der Waals surface area contributed by atoms with Crippen molar-refractivity contribution in [3.63, 3.8) is 0 Å². The van der Waals surface area contributed by atoms with Crippen molar-refractivity contribution >= 4 is 0 Å². The number of rotatable bonds is 5. The van der Waals surface area contributed by atoms with Crippen molar-refractivity contribution in [1.29, 1.82) is 0 Å². The van der Waals surface area contributed by atoms with Gasteiger partial charge >= 0.3 is 0 Å². The highest BCUT2D eigenvalue weighted by molar-refractivity contribution is 5.67. The Balaban J connectivity index is 1.33. The first kappa shape index (κ1) is 19.0. The van der Waals surface area contributed by atoms with Gasteiger partial charge in [0, 0.05) is 6.04 Å². The van der Waals surface area contributed by atoms with E-state index >= 15 is 0 Å². The molecule has 0 spiro atoms. The fourth-order valence-electron chi connectivity index (χ4n) is 6.24. The van der Waals surface area contributed by atoms with Crippen LogP contribution in [-0.2, 0) is 0 Å². The number of fused-ring (bicyclic) bond motifs is 2. The summed E-state index contributed by atoms with van der Waals surface area (Å²) in [7, 11) is 3.52. The molecule has 2 aromatic carbocycles. The number of hydrogen-bond donors (Lipinski definition) is 0. The second-order valence-corrected chi connectivity index (χ2v) is 9.24. The molecule has 2 aliphatic carbocycles. The molecule has 0 radical (unpaired) electrons. The minimum Gasteiger partial charge on any atom is -0.497 e. The number of benzene rings is 2. The minimum atomic E-state index is 0.588. The van der Waals surface area contributed by atoms with Crippen LogP contribution < -0.4 is 9.47 Å². The van der Waals surface area contributed by atoms with Gasteiger partial charge in [0.05, 0.1) is 14.2 Å². The van der Waals surface area contributed by atoms with E-state index in [1.807, 2.05) is 6.07 Å². The second kappa shape index (κ2) is 8.02. The van der Waals surface area contributed by atoms with Gasteiger partial charge in [-0.2, -0.15) is 0 Å². The average molecular weight is 392 g/mol. The van der Waals surface area contributed by atoms with Gasteiger partial charge in [-0.1, -0.05) is 24.6 Å². The van der Waals surface area contributed by atoms with Crippen LogP contribution in [-0.4, -0.2) is 38.3 Å². The van der Waals surface area contributed by atoms with Crippen LogP contribution in [0.3, 0.4) is 0 Å². The van der Waals surface area contributed by atoms with E-state index in [4.69, 9.17) is 9.47 Å². The van der Waals surface area contributed by atoms with Crippen molar-refractivity contribution in [2.75, 3.05) is 27.3 Å². The van der Waals surface area contributed by atoms with Crippen LogP contribution in [0.1, 0.15) is 50.0 Å². The number of hydrogen-bond acceptors (Lipinski definition) is 3. The average Bonchev–Trinajstić information content (AvgIpc) is 3.43. The van der Waals surface area contributed by atoms with E-state index < -0.39 is 0 Å². The summed E-state index contributed by atoms with van der Waals surface area (Å²) in [6.07, 6.45) is 8.42. The second-order valence-electron chi connectivity index (χ2n) is 9.24. The van der Waals surface area contributed by atoms with Gasteiger partial charge in [0.25, 0.3) is 0 Å². The Kier molecular flexibility index (Phi) is 5.26. The van der Waals surface area contributed by atoms with E-state index in [-0.39, 0.29) is 0 Å². The van der Waals surface area contributed by atoms with Gasteiger partial charge in [0.2, 0.25) is 0 Å². The van der Waals surface area contributed by atoms with Crippen LogP contribution in [0.25, 0.3) is 11.1 Å². The first-order valence-electron chi connectivity index (χ1n) is 11.3. The molecule has 2 aromatic rings. The predicted molar refractivity (Wildman–Crippen MR) is 118 cm³/mol. The van der Waals surface area contributed by atoms with Crippen molar-refractivity contribution in [3.05, 3.63) is 48.0 Å². The van der Waals surface area contributed by atoms with E-state index in [1.165, 1.54) is 68.3 Å². The number of piperidine rings is 1. The third-order valence-electron chi connectivity index (χ3n) is 7.77. The fourth-order valence-corrected chi connectivity index (χ4v) is 6.24. The van der Waals surface area contributed by atoms with Gasteiger partial charge in [0.15, 0.2) is 0 Å². The first-order valence-corrected chi connectivity index (χ1v) is 11.3. The van der Waals surface area contributed by atoms with Crippen LogP contribution in [0, 0.1) is 11.8 Å². The zero-order chi connectivity index (χ0) is 19.8. The van der Waals surface area contributed by atoms with Crippen molar-refractivity contribution in [1.82, 2.24) is 4.90 Å². The van der Waals surface area contributed by atoms with Crippen LogP contribution >= 0.6 is 0 Å². The van der Waals surface area contributed by atoms with Crippen molar-refractivity contribution in [3.8, 4) is 22.6 Å². The minimum absolute atomic E-state index is 0.588. The van der Waals surface area contributed by atoms with Crippen molar-refractivity contribution in [2.45, 2.75) is 50.5 Å². The van der Waals surface area contributed by atoms with Crippen LogP contribution in [0.15, 0.2) is 42.5 Å². The Bertz CT molecular complexity index is 856. The number of methoxy groups -OCH3 is 2. The van der Waals surface area contributed by atoms with Gasteiger partial charge in [-0.25, -0.2) is 0 Å². The highest BCUT2D eigenvalue weighted by Crippen LogP contribution is 2.48. The Morgan fingerprint density at radius 3 is 2.34 bits per heavy atom.